The zero-order chi connectivity index (χ0) is 19.4. The van der Waals surface area contributed by atoms with Gasteiger partial charge in [-0.2, -0.15) is 0 Å². The van der Waals surface area contributed by atoms with Crippen LogP contribution in [-0.4, -0.2) is 14.4 Å². The first-order chi connectivity index (χ1) is 12.8. The van der Waals surface area contributed by atoms with Crippen molar-refractivity contribution in [3.63, 3.8) is 0 Å². The third-order valence-electron chi connectivity index (χ3n) is 3.95. The third-order valence-corrected chi connectivity index (χ3v) is 5.33. The molecule has 3 aromatic rings. The SMILES string of the molecule is Cc1ccc(C(=O)Oc2ccccc2NS(=O)(=O)c2ccc(C)cc2)cc1. The van der Waals surface area contributed by atoms with Gasteiger partial charge in [-0.1, -0.05) is 47.5 Å². The van der Waals surface area contributed by atoms with E-state index in [0.717, 1.165) is 11.1 Å². The van der Waals surface area contributed by atoms with Gasteiger partial charge in [0.05, 0.1) is 16.1 Å². The molecule has 3 rings (SSSR count). The molecule has 0 amide bonds. The fourth-order valence-electron chi connectivity index (χ4n) is 2.41. The van der Waals surface area contributed by atoms with E-state index in [1.165, 1.54) is 12.1 Å². The summed E-state index contributed by atoms with van der Waals surface area (Å²) in [5, 5.41) is 0. The number of esters is 1. The molecule has 0 aromatic heterocycles. The fourth-order valence-corrected chi connectivity index (χ4v) is 3.48. The molecule has 0 unspecified atom stereocenters. The number of carbonyl (C=O) groups is 1. The third kappa shape index (κ3) is 4.54. The highest BCUT2D eigenvalue weighted by Gasteiger charge is 2.18. The van der Waals surface area contributed by atoms with Crippen molar-refractivity contribution in [2.24, 2.45) is 0 Å². The Hall–Kier alpha value is -3.12. The van der Waals surface area contributed by atoms with Gasteiger partial charge in [0.2, 0.25) is 0 Å². The average Bonchev–Trinajstić information content (AvgIpc) is 2.64. The first kappa shape index (κ1) is 18.7. The Labute approximate surface area is 158 Å². The largest absolute Gasteiger partial charge is 0.421 e. The Morgan fingerprint density at radius 3 is 2.00 bits per heavy atom. The number of nitrogens with one attached hydrogen (secondary N) is 1. The second-order valence-electron chi connectivity index (χ2n) is 6.17. The molecule has 0 aliphatic carbocycles. The Kier molecular flexibility index (Phi) is 5.28. The fraction of sp³-hybridized carbons (Fsp3) is 0.0952. The number of para-hydroxylation sites is 2. The highest BCUT2D eigenvalue weighted by molar-refractivity contribution is 7.92. The minimum absolute atomic E-state index is 0.132. The zero-order valence-electron chi connectivity index (χ0n) is 15.0. The van der Waals surface area contributed by atoms with Gasteiger partial charge in [-0.05, 0) is 50.2 Å². The summed E-state index contributed by atoms with van der Waals surface area (Å²) >= 11 is 0. The smallest absolute Gasteiger partial charge is 0.343 e. The molecular weight excluding hydrogens is 362 g/mol. The number of rotatable bonds is 5. The minimum Gasteiger partial charge on any atom is -0.421 e. The molecule has 1 N–H and O–H groups in total. The topological polar surface area (TPSA) is 72.5 Å². The maximum atomic E-state index is 12.6. The van der Waals surface area contributed by atoms with Crippen LogP contribution in [0.5, 0.6) is 5.75 Å². The van der Waals surface area contributed by atoms with Crippen LogP contribution in [-0.2, 0) is 10.0 Å². The van der Waals surface area contributed by atoms with E-state index in [1.54, 1.807) is 48.5 Å². The van der Waals surface area contributed by atoms with Crippen molar-refractivity contribution in [1.82, 2.24) is 0 Å². The molecule has 0 radical (unpaired) electrons. The Bertz CT molecular complexity index is 1060. The quantitative estimate of drug-likeness (QED) is 0.528. The number of aryl methyl sites for hydroxylation is 2. The Balaban J connectivity index is 1.84. The lowest BCUT2D eigenvalue weighted by Crippen LogP contribution is -2.15. The van der Waals surface area contributed by atoms with Gasteiger partial charge >= 0.3 is 5.97 Å². The number of hydrogen-bond donors (Lipinski definition) is 1. The number of ether oxygens (including phenoxy) is 1. The average molecular weight is 381 g/mol. The molecular formula is C21H19NO4S. The van der Waals surface area contributed by atoms with Crippen molar-refractivity contribution in [2.45, 2.75) is 18.7 Å². The lowest BCUT2D eigenvalue weighted by Gasteiger charge is -2.13. The van der Waals surface area contributed by atoms with Gasteiger partial charge in [-0.3, -0.25) is 4.72 Å². The van der Waals surface area contributed by atoms with Gasteiger partial charge in [0.15, 0.2) is 5.75 Å². The first-order valence-electron chi connectivity index (χ1n) is 8.32. The van der Waals surface area contributed by atoms with Crippen LogP contribution >= 0.6 is 0 Å². The van der Waals surface area contributed by atoms with Crippen LogP contribution in [0.4, 0.5) is 5.69 Å². The molecule has 0 fully saturated rings. The highest BCUT2D eigenvalue weighted by atomic mass is 32.2. The summed E-state index contributed by atoms with van der Waals surface area (Å²) in [6.45, 7) is 3.80. The number of benzene rings is 3. The summed E-state index contributed by atoms with van der Waals surface area (Å²) < 4.78 is 33.1. The zero-order valence-corrected chi connectivity index (χ0v) is 15.8. The number of anilines is 1. The predicted molar refractivity (Wildman–Crippen MR) is 105 cm³/mol. The summed E-state index contributed by atoms with van der Waals surface area (Å²) in [5.74, 6) is -0.421. The van der Waals surface area contributed by atoms with Crippen LogP contribution in [0, 0.1) is 13.8 Å². The van der Waals surface area contributed by atoms with Crippen LogP contribution in [0.25, 0.3) is 0 Å². The summed E-state index contributed by atoms with van der Waals surface area (Å²) in [6.07, 6.45) is 0. The van der Waals surface area contributed by atoms with Crippen molar-refractivity contribution < 1.29 is 17.9 Å². The summed E-state index contributed by atoms with van der Waals surface area (Å²) in [5.41, 5.74) is 2.56. The van der Waals surface area contributed by atoms with Crippen LogP contribution in [0.15, 0.2) is 77.7 Å². The second-order valence-corrected chi connectivity index (χ2v) is 7.85. The maximum Gasteiger partial charge on any atom is 0.343 e. The lowest BCUT2D eigenvalue weighted by molar-refractivity contribution is 0.0736. The molecule has 0 saturated heterocycles. The van der Waals surface area contributed by atoms with Crippen LogP contribution in [0.1, 0.15) is 21.5 Å². The molecule has 138 valence electrons. The lowest BCUT2D eigenvalue weighted by atomic mass is 10.1. The van der Waals surface area contributed by atoms with E-state index in [2.05, 4.69) is 4.72 Å². The number of sulfonamides is 1. The molecule has 0 heterocycles. The van der Waals surface area contributed by atoms with Crippen LogP contribution in [0.2, 0.25) is 0 Å². The Morgan fingerprint density at radius 1 is 0.815 bits per heavy atom. The molecule has 3 aromatic carbocycles. The number of hydrogen-bond acceptors (Lipinski definition) is 4. The van der Waals surface area contributed by atoms with Crippen molar-refractivity contribution in [2.75, 3.05) is 4.72 Å². The van der Waals surface area contributed by atoms with Crippen molar-refractivity contribution >= 4 is 21.7 Å². The van der Waals surface area contributed by atoms with Gasteiger partial charge in [0, 0.05) is 0 Å². The van der Waals surface area contributed by atoms with Crippen molar-refractivity contribution in [1.29, 1.82) is 0 Å². The predicted octanol–water partition coefficient (Wildman–Crippen LogP) is 4.32. The van der Waals surface area contributed by atoms with Gasteiger partial charge in [-0.25, -0.2) is 13.2 Å². The molecule has 27 heavy (non-hydrogen) atoms. The van der Waals surface area contributed by atoms with Gasteiger partial charge < -0.3 is 4.74 Å². The second kappa shape index (κ2) is 7.63. The molecule has 0 atom stereocenters. The van der Waals surface area contributed by atoms with E-state index in [1.807, 2.05) is 26.0 Å². The van der Waals surface area contributed by atoms with Gasteiger partial charge in [-0.15, -0.1) is 0 Å². The molecule has 0 bridgehead atoms. The minimum atomic E-state index is -3.80. The monoisotopic (exact) mass is 381 g/mol. The molecule has 0 aliphatic rings. The number of carbonyl (C=O) groups excluding carboxylic acids is 1. The Morgan fingerprint density at radius 2 is 1.37 bits per heavy atom. The maximum absolute atomic E-state index is 12.6. The van der Waals surface area contributed by atoms with E-state index in [0.29, 0.717) is 5.56 Å². The van der Waals surface area contributed by atoms with E-state index in [-0.39, 0.29) is 16.3 Å². The normalized spacial score (nSPS) is 11.0. The van der Waals surface area contributed by atoms with E-state index in [9.17, 15) is 13.2 Å². The standard InChI is InChI=1S/C21H19NO4S/c1-15-7-11-17(12-8-15)21(23)26-20-6-4-3-5-19(20)22-27(24,25)18-13-9-16(2)10-14-18/h3-14,22H,1-2H3. The van der Waals surface area contributed by atoms with Crippen molar-refractivity contribution in [3.8, 4) is 5.75 Å². The molecule has 0 saturated carbocycles. The summed E-state index contributed by atoms with van der Waals surface area (Å²) in [6, 6.07) is 19.9. The van der Waals surface area contributed by atoms with Crippen LogP contribution < -0.4 is 9.46 Å². The van der Waals surface area contributed by atoms with Gasteiger partial charge in [0.25, 0.3) is 10.0 Å². The van der Waals surface area contributed by atoms with Crippen LogP contribution in [0.3, 0.4) is 0 Å². The first-order valence-corrected chi connectivity index (χ1v) is 9.81. The van der Waals surface area contributed by atoms with E-state index < -0.39 is 16.0 Å². The van der Waals surface area contributed by atoms with E-state index >= 15 is 0 Å². The summed E-state index contributed by atoms with van der Waals surface area (Å²) in [7, 11) is -3.80. The highest BCUT2D eigenvalue weighted by Crippen LogP contribution is 2.27. The molecule has 0 aliphatic heterocycles. The molecule has 0 spiro atoms. The molecule has 6 heteroatoms. The van der Waals surface area contributed by atoms with Gasteiger partial charge in [0.1, 0.15) is 0 Å². The van der Waals surface area contributed by atoms with E-state index in [4.69, 9.17) is 4.74 Å². The van der Waals surface area contributed by atoms with Crippen molar-refractivity contribution in [3.05, 3.63) is 89.5 Å². The molecule has 5 nitrogen and oxygen atoms in total. The summed E-state index contributed by atoms with van der Waals surface area (Å²) in [4.78, 5) is 12.5.